The van der Waals surface area contributed by atoms with Gasteiger partial charge >= 0.3 is 6.03 Å². The number of aromatic amines is 1. The fourth-order valence-corrected chi connectivity index (χ4v) is 4.51. The van der Waals surface area contributed by atoms with E-state index in [9.17, 15) is 4.79 Å². The predicted octanol–water partition coefficient (Wildman–Crippen LogP) is 3.15. The van der Waals surface area contributed by atoms with E-state index in [1.54, 1.807) is 23.2 Å². The molecule has 0 radical (unpaired) electrons. The van der Waals surface area contributed by atoms with Crippen molar-refractivity contribution in [3.05, 3.63) is 66.5 Å². The molecule has 0 spiro atoms. The summed E-state index contributed by atoms with van der Waals surface area (Å²) >= 11 is 0. The third kappa shape index (κ3) is 3.56. The maximum atomic E-state index is 12.5. The highest BCUT2D eigenvalue weighted by Gasteiger charge is 2.30. The van der Waals surface area contributed by atoms with Crippen LogP contribution in [0.5, 0.6) is 0 Å². The highest BCUT2D eigenvalue weighted by molar-refractivity contribution is 5.90. The second kappa shape index (κ2) is 8.10. The molecule has 1 aromatic carbocycles. The maximum absolute atomic E-state index is 12.5. The van der Waals surface area contributed by atoms with Gasteiger partial charge in [0.2, 0.25) is 0 Å². The first-order valence-electron chi connectivity index (χ1n) is 11.0. The number of carbonyl (C=O) groups excluding carboxylic acids is 1. The van der Waals surface area contributed by atoms with Gasteiger partial charge in [0.25, 0.3) is 0 Å². The van der Waals surface area contributed by atoms with Gasteiger partial charge in [0, 0.05) is 24.7 Å². The van der Waals surface area contributed by atoms with E-state index >= 15 is 0 Å². The molecule has 1 unspecified atom stereocenters. The number of hydrogen-bond acceptors (Lipinski definition) is 7. The number of para-hydroxylation sites is 1. The molecule has 170 valence electrons. The summed E-state index contributed by atoms with van der Waals surface area (Å²) in [6.07, 6.45) is 5.85. The summed E-state index contributed by atoms with van der Waals surface area (Å²) in [4.78, 5) is 27.8. The number of pyridine rings is 1. The summed E-state index contributed by atoms with van der Waals surface area (Å²) in [5, 5.41) is 18.0. The predicted molar refractivity (Wildman–Crippen MR) is 127 cm³/mol. The van der Waals surface area contributed by atoms with Crippen molar-refractivity contribution in [2.75, 3.05) is 23.3 Å². The van der Waals surface area contributed by atoms with Gasteiger partial charge in [-0.2, -0.15) is 10.2 Å². The Morgan fingerprint density at radius 3 is 3.06 bits per heavy atom. The minimum absolute atomic E-state index is 0.253. The van der Waals surface area contributed by atoms with E-state index in [1.165, 1.54) is 5.56 Å². The van der Waals surface area contributed by atoms with E-state index in [-0.39, 0.29) is 11.9 Å². The summed E-state index contributed by atoms with van der Waals surface area (Å²) in [5.74, 6) is 1.77. The molecule has 11 nitrogen and oxygen atoms in total. The zero-order valence-electron chi connectivity index (χ0n) is 18.4. The first-order valence-corrected chi connectivity index (χ1v) is 11.0. The van der Waals surface area contributed by atoms with E-state index in [4.69, 9.17) is 0 Å². The van der Waals surface area contributed by atoms with Crippen LogP contribution < -0.4 is 15.5 Å². The van der Waals surface area contributed by atoms with Crippen LogP contribution in [0.2, 0.25) is 0 Å². The number of rotatable bonds is 5. The van der Waals surface area contributed by atoms with E-state index in [2.05, 4.69) is 57.9 Å². The van der Waals surface area contributed by atoms with E-state index < -0.39 is 0 Å². The lowest BCUT2D eigenvalue weighted by atomic mass is 9.98. The van der Waals surface area contributed by atoms with Gasteiger partial charge < -0.3 is 15.5 Å². The zero-order valence-corrected chi connectivity index (χ0v) is 18.4. The number of nitrogens with one attached hydrogen (secondary N) is 3. The third-order valence-corrected chi connectivity index (χ3v) is 6.03. The average Bonchev–Trinajstić information content (AvgIpc) is 3.55. The minimum atomic E-state index is -0.254. The summed E-state index contributed by atoms with van der Waals surface area (Å²) in [6, 6.07) is 11.7. The molecule has 0 saturated carbocycles. The van der Waals surface area contributed by atoms with Crippen molar-refractivity contribution in [1.29, 1.82) is 0 Å². The molecule has 0 saturated heterocycles. The number of H-pyrrole nitrogens is 1. The standard InChI is InChI=1S/C23H22N10O/c1-14-28-20-7-6-16(12-33(20)31-14)29-23(34)24-9-8-15-11-32(19-5-3-2-4-17(15)19)22-18-10-27-30-21(18)25-13-26-22/h2-7,10,12-13,15H,8-9,11H2,1H3,(H2,24,29,34)(H,25,26,27,30). The largest absolute Gasteiger partial charge is 0.338 e. The Bertz CT molecular complexity index is 1510. The molecule has 1 aliphatic heterocycles. The van der Waals surface area contributed by atoms with Crippen LogP contribution in [0.15, 0.2) is 55.1 Å². The van der Waals surface area contributed by atoms with Crippen LogP contribution in [0.1, 0.15) is 23.7 Å². The number of aryl methyl sites for hydroxylation is 1. The third-order valence-electron chi connectivity index (χ3n) is 6.03. The first-order chi connectivity index (χ1) is 16.7. The monoisotopic (exact) mass is 454 g/mol. The average molecular weight is 454 g/mol. The van der Waals surface area contributed by atoms with Gasteiger partial charge in [-0.1, -0.05) is 18.2 Å². The lowest BCUT2D eigenvalue weighted by Crippen LogP contribution is -2.30. The number of fused-ring (bicyclic) bond motifs is 3. The number of urea groups is 1. The molecule has 1 atom stereocenters. The van der Waals surface area contributed by atoms with E-state index in [0.29, 0.717) is 23.7 Å². The van der Waals surface area contributed by atoms with Crippen molar-refractivity contribution in [2.45, 2.75) is 19.3 Å². The minimum Gasteiger partial charge on any atom is -0.338 e. The first kappa shape index (κ1) is 20.1. The Labute approximate surface area is 194 Å². The quantitative estimate of drug-likeness (QED) is 0.372. The molecule has 4 aromatic heterocycles. The maximum Gasteiger partial charge on any atom is 0.319 e. The highest BCUT2D eigenvalue weighted by Crippen LogP contribution is 2.42. The summed E-state index contributed by atoms with van der Waals surface area (Å²) in [6.45, 7) is 3.13. The summed E-state index contributed by atoms with van der Waals surface area (Å²) in [7, 11) is 0. The second-order valence-corrected chi connectivity index (χ2v) is 8.25. The van der Waals surface area contributed by atoms with Gasteiger partial charge in [-0.3, -0.25) is 5.10 Å². The molecule has 3 N–H and O–H groups in total. The van der Waals surface area contributed by atoms with E-state index in [0.717, 1.165) is 35.5 Å². The number of carbonyl (C=O) groups is 1. The van der Waals surface area contributed by atoms with E-state index in [1.807, 2.05) is 31.2 Å². The van der Waals surface area contributed by atoms with Crippen LogP contribution in [0, 0.1) is 6.92 Å². The van der Waals surface area contributed by atoms with Crippen LogP contribution >= 0.6 is 0 Å². The number of nitrogens with zero attached hydrogens (tertiary/aromatic N) is 7. The number of anilines is 3. The number of benzene rings is 1. The van der Waals surface area contributed by atoms with Crippen molar-refractivity contribution < 1.29 is 4.79 Å². The van der Waals surface area contributed by atoms with Crippen LogP contribution in [-0.2, 0) is 0 Å². The molecule has 0 bridgehead atoms. The van der Waals surface area contributed by atoms with Crippen molar-refractivity contribution in [2.24, 2.45) is 0 Å². The Morgan fingerprint density at radius 2 is 2.12 bits per heavy atom. The normalized spacial score (nSPS) is 15.1. The summed E-state index contributed by atoms with van der Waals surface area (Å²) < 4.78 is 1.65. The molecule has 5 heterocycles. The fourth-order valence-electron chi connectivity index (χ4n) is 4.51. The van der Waals surface area contributed by atoms with Crippen LogP contribution in [0.3, 0.4) is 0 Å². The molecule has 1 aliphatic rings. The second-order valence-electron chi connectivity index (χ2n) is 8.25. The molecule has 5 aromatic rings. The molecule has 6 rings (SSSR count). The topological polar surface area (TPSA) is 129 Å². The highest BCUT2D eigenvalue weighted by atomic mass is 16.2. The van der Waals surface area contributed by atoms with Gasteiger partial charge in [-0.25, -0.2) is 24.3 Å². The molecular formula is C23H22N10O. The zero-order chi connectivity index (χ0) is 23.1. The molecule has 2 amide bonds. The molecule has 0 fully saturated rings. The van der Waals surface area contributed by atoms with Gasteiger partial charge in [-0.05, 0) is 37.1 Å². The van der Waals surface area contributed by atoms with Gasteiger partial charge in [0.15, 0.2) is 11.3 Å². The van der Waals surface area contributed by atoms with Crippen LogP contribution in [0.4, 0.5) is 22.0 Å². The number of amides is 2. The molecule has 34 heavy (non-hydrogen) atoms. The smallest absolute Gasteiger partial charge is 0.319 e. The molecule has 0 aliphatic carbocycles. The van der Waals surface area contributed by atoms with Crippen LogP contribution in [-0.4, -0.2) is 53.9 Å². The Hall–Kier alpha value is -4.54. The Kier molecular flexibility index (Phi) is 4.79. The molecule has 11 heteroatoms. The SMILES string of the molecule is Cc1nc2ccc(NC(=O)NCCC3CN(c4ncnc5[nH]ncc45)c4ccccc43)cn2n1. The van der Waals surface area contributed by atoms with Crippen molar-refractivity contribution in [3.63, 3.8) is 0 Å². The number of hydrogen-bond donors (Lipinski definition) is 3. The van der Waals surface area contributed by atoms with Crippen molar-refractivity contribution in [3.8, 4) is 0 Å². The van der Waals surface area contributed by atoms with Crippen molar-refractivity contribution in [1.82, 2.24) is 40.1 Å². The molecular weight excluding hydrogens is 432 g/mol. The number of aromatic nitrogens is 7. The van der Waals surface area contributed by atoms with Gasteiger partial charge in [-0.15, -0.1) is 0 Å². The Balaban J connectivity index is 1.13. The lowest BCUT2D eigenvalue weighted by molar-refractivity contribution is 0.251. The van der Waals surface area contributed by atoms with Gasteiger partial charge in [0.05, 0.1) is 23.5 Å². The van der Waals surface area contributed by atoms with Gasteiger partial charge in [0.1, 0.15) is 18.0 Å². The summed E-state index contributed by atoms with van der Waals surface area (Å²) in [5.41, 5.74) is 4.47. The fraction of sp³-hybridized carbons (Fsp3) is 0.217. The Morgan fingerprint density at radius 1 is 1.21 bits per heavy atom. The lowest BCUT2D eigenvalue weighted by Gasteiger charge is -2.19. The van der Waals surface area contributed by atoms with Crippen LogP contribution in [0.25, 0.3) is 16.7 Å². The van der Waals surface area contributed by atoms with Crippen molar-refractivity contribution >= 4 is 39.9 Å².